The van der Waals surface area contributed by atoms with Gasteiger partial charge in [-0.2, -0.15) is 0 Å². The molecule has 0 aliphatic carbocycles. The fraction of sp³-hybridized carbons (Fsp3) is 0.105. The van der Waals surface area contributed by atoms with E-state index in [0.29, 0.717) is 21.5 Å². The van der Waals surface area contributed by atoms with Gasteiger partial charge >= 0.3 is 0 Å². The Morgan fingerprint density at radius 2 is 1.89 bits per heavy atom. The second-order valence-corrected chi connectivity index (χ2v) is 6.68. The number of likely N-dealkylation sites (N-methyl/N-ethyl adjacent to an activating group) is 1. The minimum Gasteiger partial charge on any atom is -0.484 e. The molecule has 1 fully saturated rings. The van der Waals surface area contributed by atoms with Crippen molar-refractivity contribution in [3.05, 3.63) is 64.8 Å². The number of primary amides is 1. The normalized spacial score (nSPS) is 17.0. The third-order valence-corrected chi connectivity index (χ3v) is 4.67. The lowest BCUT2D eigenvalue weighted by molar-refractivity contribution is -0.121. The van der Waals surface area contributed by atoms with E-state index in [-0.39, 0.29) is 18.3 Å². The summed E-state index contributed by atoms with van der Waals surface area (Å²) in [5.41, 5.74) is 6.40. The van der Waals surface area contributed by atoms with Crippen LogP contribution in [-0.2, 0) is 9.59 Å². The molecule has 6 nitrogen and oxygen atoms in total. The van der Waals surface area contributed by atoms with Gasteiger partial charge in [0.05, 0.1) is 10.6 Å². The van der Waals surface area contributed by atoms with Gasteiger partial charge in [0, 0.05) is 7.05 Å². The Bertz CT molecular complexity index is 924. The molecule has 0 atom stereocenters. The molecule has 2 N–H and O–H groups in total. The average molecular weight is 385 g/mol. The molecule has 0 unspecified atom stereocenters. The summed E-state index contributed by atoms with van der Waals surface area (Å²) in [5, 5.41) is 0.513. The molecule has 0 aromatic heterocycles. The van der Waals surface area contributed by atoms with Crippen molar-refractivity contribution in [2.75, 3.05) is 13.7 Å². The van der Waals surface area contributed by atoms with Crippen molar-refractivity contribution in [2.45, 2.75) is 0 Å². The van der Waals surface area contributed by atoms with E-state index in [4.69, 9.17) is 10.5 Å². The topological polar surface area (TPSA) is 85.0 Å². The van der Waals surface area contributed by atoms with Crippen LogP contribution in [0.2, 0.25) is 0 Å². The number of carbonyl (C=O) groups is 2. The zero-order valence-electron chi connectivity index (χ0n) is 14.4. The van der Waals surface area contributed by atoms with Gasteiger partial charge in [-0.3, -0.25) is 14.5 Å². The first kappa shape index (κ1) is 18.7. The molecule has 27 heavy (non-hydrogen) atoms. The zero-order valence-corrected chi connectivity index (χ0v) is 15.2. The molecule has 138 valence electrons. The number of halogens is 1. The molecule has 0 bridgehead atoms. The number of nitrogens with two attached hydrogens (primary N) is 1. The van der Waals surface area contributed by atoms with E-state index in [1.54, 1.807) is 49.5 Å². The Morgan fingerprint density at radius 3 is 2.52 bits per heavy atom. The molecule has 0 radical (unpaired) electrons. The number of amidine groups is 1. The standard InChI is InChI=1S/C19H16FN3O3S/c1-23-18(25)16(27-19(23)22-14-6-4-13(20)5-7-14)10-12-2-8-15(9-3-12)26-11-17(21)24/h2-10H,11H2,1H3,(H2,21,24)/b16-10-,22-19?. The lowest BCUT2D eigenvalue weighted by Crippen LogP contribution is -2.23. The summed E-state index contributed by atoms with van der Waals surface area (Å²) in [4.78, 5) is 29.5. The molecular formula is C19H16FN3O3S. The van der Waals surface area contributed by atoms with Crippen LogP contribution in [0.25, 0.3) is 6.08 Å². The van der Waals surface area contributed by atoms with Crippen molar-refractivity contribution in [3.63, 3.8) is 0 Å². The number of thioether (sulfide) groups is 1. The Kier molecular flexibility index (Phi) is 5.56. The highest BCUT2D eigenvalue weighted by atomic mass is 32.2. The highest BCUT2D eigenvalue weighted by Gasteiger charge is 2.30. The summed E-state index contributed by atoms with van der Waals surface area (Å²) in [5.74, 6) is -0.552. The summed E-state index contributed by atoms with van der Waals surface area (Å²) in [6.45, 7) is -0.192. The highest BCUT2D eigenvalue weighted by molar-refractivity contribution is 8.18. The summed E-state index contributed by atoms with van der Waals surface area (Å²) in [6.07, 6.45) is 1.74. The quantitative estimate of drug-likeness (QED) is 0.802. The van der Waals surface area contributed by atoms with Crippen LogP contribution in [0.15, 0.2) is 58.4 Å². The number of carbonyl (C=O) groups excluding carboxylic acids is 2. The molecular weight excluding hydrogens is 369 g/mol. The lowest BCUT2D eigenvalue weighted by atomic mass is 10.2. The van der Waals surface area contributed by atoms with Gasteiger partial charge in [0.25, 0.3) is 11.8 Å². The van der Waals surface area contributed by atoms with Crippen LogP contribution in [0.3, 0.4) is 0 Å². The Morgan fingerprint density at radius 1 is 1.22 bits per heavy atom. The van der Waals surface area contributed by atoms with Crippen LogP contribution in [0.5, 0.6) is 5.75 Å². The molecule has 0 saturated carbocycles. The molecule has 1 saturated heterocycles. The van der Waals surface area contributed by atoms with Crippen LogP contribution >= 0.6 is 11.8 Å². The van der Waals surface area contributed by atoms with E-state index in [1.807, 2.05) is 0 Å². The molecule has 2 aromatic rings. The van der Waals surface area contributed by atoms with E-state index in [9.17, 15) is 14.0 Å². The first-order chi connectivity index (χ1) is 12.9. The van der Waals surface area contributed by atoms with E-state index in [2.05, 4.69) is 4.99 Å². The number of amides is 2. The molecule has 1 aliphatic heterocycles. The molecule has 2 amide bonds. The number of rotatable bonds is 5. The summed E-state index contributed by atoms with van der Waals surface area (Å²) < 4.78 is 18.2. The number of benzene rings is 2. The van der Waals surface area contributed by atoms with Gasteiger partial charge in [-0.1, -0.05) is 12.1 Å². The first-order valence-electron chi connectivity index (χ1n) is 7.95. The van der Waals surface area contributed by atoms with Crippen molar-refractivity contribution in [1.29, 1.82) is 0 Å². The number of hydrogen-bond acceptors (Lipinski definition) is 5. The van der Waals surface area contributed by atoms with Gasteiger partial charge in [-0.05, 0) is 59.8 Å². The van der Waals surface area contributed by atoms with Crippen LogP contribution in [-0.4, -0.2) is 35.5 Å². The largest absolute Gasteiger partial charge is 0.484 e. The Labute approximate surface area is 159 Å². The maximum atomic E-state index is 13.0. The third kappa shape index (κ3) is 4.73. The fourth-order valence-corrected chi connectivity index (χ4v) is 3.23. The lowest BCUT2D eigenvalue weighted by Gasteiger charge is -2.07. The average Bonchev–Trinajstić information content (AvgIpc) is 2.91. The smallest absolute Gasteiger partial charge is 0.266 e. The molecule has 2 aromatic carbocycles. The van der Waals surface area contributed by atoms with E-state index in [0.717, 1.165) is 5.56 Å². The van der Waals surface area contributed by atoms with Crippen molar-refractivity contribution < 1.29 is 18.7 Å². The van der Waals surface area contributed by atoms with Crippen LogP contribution in [0.4, 0.5) is 10.1 Å². The van der Waals surface area contributed by atoms with Gasteiger partial charge < -0.3 is 10.5 Å². The minimum atomic E-state index is -0.551. The van der Waals surface area contributed by atoms with Gasteiger partial charge in [0.1, 0.15) is 11.6 Å². The van der Waals surface area contributed by atoms with E-state index >= 15 is 0 Å². The molecule has 1 heterocycles. The number of hydrogen-bond donors (Lipinski definition) is 1. The summed E-state index contributed by atoms with van der Waals surface area (Å²) in [7, 11) is 1.64. The monoisotopic (exact) mass is 385 g/mol. The summed E-state index contributed by atoms with van der Waals surface area (Å²) in [6, 6.07) is 12.7. The molecule has 0 spiro atoms. The van der Waals surface area contributed by atoms with Gasteiger partial charge in [0.2, 0.25) is 0 Å². The SMILES string of the molecule is CN1C(=O)/C(=C/c2ccc(OCC(N)=O)cc2)SC1=Nc1ccc(F)cc1. The molecule has 8 heteroatoms. The summed E-state index contributed by atoms with van der Waals surface area (Å²) >= 11 is 1.24. The number of ether oxygens (including phenoxy) is 1. The highest BCUT2D eigenvalue weighted by Crippen LogP contribution is 2.33. The predicted molar refractivity (Wildman–Crippen MR) is 103 cm³/mol. The van der Waals surface area contributed by atoms with Crippen LogP contribution in [0.1, 0.15) is 5.56 Å². The van der Waals surface area contributed by atoms with Gasteiger partial charge in [0.15, 0.2) is 11.8 Å². The zero-order chi connectivity index (χ0) is 19.4. The van der Waals surface area contributed by atoms with Crippen molar-refractivity contribution in [2.24, 2.45) is 10.7 Å². The third-order valence-electron chi connectivity index (χ3n) is 3.61. The molecule has 1 aliphatic rings. The molecule has 3 rings (SSSR count). The van der Waals surface area contributed by atoms with Crippen molar-refractivity contribution >= 4 is 40.5 Å². The van der Waals surface area contributed by atoms with Crippen LogP contribution < -0.4 is 10.5 Å². The first-order valence-corrected chi connectivity index (χ1v) is 8.77. The number of nitrogens with zero attached hydrogens (tertiary/aromatic N) is 2. The van der Waals surface area contributed by atoms with Crippen molar-refractivity contribution in [3.8, 4) is 5.75 Å². The van der Waals surface area contributed by atoms with Gasteiger partial charge in [-0.25, -0.2) is 9.38 Å². The van der Waals surface area contributed by atoms with E-state index in [1.165, 1.54) is 28.8 Å². The van der Waals surface area contributed by atoms with Crippen LogP contribution in [0, 0.1) is 5.82 Å². The fourth-order valence-electron chi connectivity index (χ4n) is 2.24. The maximum Gasteiger partial charge on any atom is 0.266 e. The maximum absolute atomic E-state index is 13.0. The second-order valence-electron chi connectivity index (χ2n) is 5.67. The number of aliphatic imine (C=N–C) groups is 1. The second kappa shape index (κ2) is 8.05. The Hall–Kier alpha value is -3.13. The van der Waals surface area contributed by atoms with Gasteiger partial charge in [-0.15, -0.1) is 0 Å². The predicted octanol–water partition coefficient (Wildman–Crippen LogP) is 2.92. The Balaban J connectivity index is 1.75. The van der Waals surface area contributed by atoms with E-state index < -0.39 is 5.91 Å². The van der Waals surface area contributed by atoms with Crippen molar-refractivity contribution in [1.82, 2.24) is 4.90 Å². The minimum absolute atomic E-state index is 0.171.